The summed E-state index contributed by atoms with van der Waals surface area (Å²) < 4.78 is 90.4. The molecule has 0 amide bonds. The number of unbranched alkanes of at least 4 members (excludes halogenated alkanes) is 2. The first-order chi connectivity index (χ1) is 9.98. The maximum absolute atomic E-state index is 13.9. The summed E-state index contributed by atoms with van der Waals surface area (Å²) in [4.78, 5) is 0. The third-order valence-corrected chi connectivity index (χ3v) is 3.25. The Morgan fingerprint density at radius 3 is 2.00 bits per heavy atom. The Labute approximate surface area is 135 Å². The van der Waals surface area contributed by atoms with Gasteiger partial charge in [0.1, 0.15) is 5.82 Å². The van der Waals surface area contributed by atoms with Crippen molar-refractivity contribution in [2.45, 2.75) is 51.0 Å². The lowest BCUT2D eigenvalue weighted by Crippen LogP contribution is -2.21. The molecule has 1 rings (SSSR count). The van der Waals surface area contributed by atoms with Crippen molar-refractivity contribution in [2.75, 3.05) is 0 Å². The molecule has 1 nitrogen and oxygen atoms in total. The zero-order valence-electron chi connectivity index (χ0n) is 12.2. The van der Waals surface area contributed by atoms with Crippen LogP contribution in [0.4, 0.5) is 30.7 Å². The fourth-order valence-corrected chi connectivity index (χ4v) is 2.15. The van der Waals surface area contributed by atoms with E-state index in [-0.39, 0.29) is 31.0 Å². The molecule has 0 fully saturated rings. The second-order valence-electron chi connectivity index (χ2n) is 5.02. The first kappa shape index (κ1) is 22.0. The number of hydrogen-bond acceptors (Lipinski definition) is 1. The van der Waals surface area contributed by atoms with Crippen LogP contribution in [0.15, 0.2) is 12.1 Å². The molecule has 1 atom stereocenters. The zero-order valence-corrected chi connectivity index (χ0v) is 13.0. The highest BCUT2D eigenvalue weighted by molar-refractivity contribution is 5.85. The number of benzene rings is 1. The van der Waals surface area contributed by atoms with Crippen molar-refractivity contribution < 1.29 is 30.7 Å². The molecule has 134 valence electrons. The average Bonchev–Trinajstić information content (AvgIpc) is 2.35. The summed E-state index contributed by atoms with van der Waals surface area (Å²) >= 11 is 0. The minimum atomic E-state index is -5.11. The smallest absolute Gasteiger partial charge is 0.324 e. The van der Waals surface area contributed by atoms with E-state index in [4.69, 9.17) is 5.73 Å². The quantitative estimate of drug-likeness (QED) is 0.511. The topological polar surface area (TPSA) is 26.0 Å². The molecule has 0 spiro atoms. The zero-order chi connectivity index (χ0) is 17.1. The van der Waals surface area contributed by atoms with Crippen LogP contribution in [-0.4, -0.2) is 0 Å². The summed E-state index contributed by atoms with van der Waals surface area (Å²) in [5.74, 6) is -1.58. The minimum Gasteiger partial charge on any atom is -0.324 e. The molecule has 23 heavy (non-hydrogen) atoms. The van der Waals surface area contributed by atoms with Gasteiger partial charge in [-0.15, -0.1) is 12.4 Å². The lowest BCUT2D eigenvalue weighted by atomic mass is 9.93. The van der Waals surface area contributed by atoms with Crippen LogP contribution in [0.25, 0.3) is 0 Å². The summed E-state index contributed by atoms with van der Waals surface area (Å²) in [6.07, 6.45) is -8.16. The van der Waals surface area contributed by atoms with Crippen LogP contribution in [0, 0.1) is 5.82 Å². The Balaban J connectivity index is 0.00000484. The van der Waals surface area contributed by atoms with Gasteiger partial charge in [-0.25, -0.2) is 4.39 Å². The number of halogens is 8. The van der Waals surface area contributed by atoms with Gasteiger partial charge in [0.2, 0.25) is 0 Å². The van der Waals surface area contributed by atoms with E-state index >= 15 is 0 Å². The summed E-state index contributed by atoms with van der Waals surface area (Å²) in [7, 11) is 0. The monoisotopic (exact) mass is 367 g/mol. The first-order valence-corrected chi connectivity index (χ1v) is 6.71. The Hall–Kier alpha value is -1.02. The molecule has 0 aliphatic heterocycles. The predicted molar refractivity (Wildman–Crippen MR) is 74.7 cm³/mol. The maximum atomic E-state index is 13.9. The van der Waals surface area contributed by atoms with Gasteiger partial charge in [-0.05, 0) is 18.6 Å². The highest BCUT2D eigenvalue weighted by Gasteiger charge is 2.40. The van der Waals surface area contributed by atoms with Crippen LogP contribution in [0.2, 0.25) is 0 Å². The fraction of sp³-hybridized carbons (Fsp3) is 0.571. The molecule has 0 unspecified atom stereocenters. The van der Waals surface area contributed by atoms with Crippen molar-refractivity contribution in [3.05, 3.63) is 34.6 Å². The van der Waals surface area contributed by atoms with Crippen molar-refractivity contribution >= 4 is 12.4 Å². The van der Waals surface area contributed by atoms with Gasteiger partial charge in [0.15, 0.2) is 0 Å². The van der Waals surface area contributed by atoms with Crippen LogP contribution >= 0.6 is 12.4 Å². The Bertz CT molecular complexity index is 511. The van der Waals surface area contributed by atoms with Crippen LogP contribution in [0.3, 0.4) is 0 Å². The molecule has 0 saturated carbocycles. The van der Waals surface area contributed by atoms with Crippen molar-refractivity contribution in [3.8, 4) is 0 Å². The Morgan fingerprint density at radius 1 is 1.00 bits per heavy atom. The molecule has 0 saturated heterocycles. The van der Waals surface area contributed by atoms with Gasteiger partial charge in [-0.1, -0.05) is 26.2 Å². The highest BCUT2D eigenvalue weighted by Crippen LogP contribution is 2.40. The summed E-state index contributed by atoms with van der Waals surface area (Å²) in [5.41, 5.74) is 1.32. The van der Waals surface area contributed by atoms with Gasteiger partial charge in [-0.2, -0.15) is 26.3 Å². The molecule has 0 radical (unpaired) electrons. The Kier molecular flexibility index (Phi) is 7.83. The predicted octanol–water partition coefficient (Wildman–Crippen LogP) is 5.87. The van der Waals surface area contributed by atoms with Gasteiger partial charge < -0.3 is 5.73 Å². The lowest BCUT2D eigenvalue weighted by molar-refractivity contribution is -0.144. The molecule has 0 aliphatic rings. The van der Waals surface area contributed by atoms with Crippen LogP contribution < -0.4 is 5.73 Å². The van der Waals surface area contributed by atoms with Crippen molar-refractivity contribution in [2.24, 2.45) is 5.73 Å². The van der Waals surface area contributed by atoms with Crippen molar-refractivity contribution in [1.29, 1.82) is 0 Å². The molecule has 1 aromatic rings. The van der Waals surface area contributed by atoms with Crippen LogP contribution in [0.1, 0.15) is 55.3 Å². The van der Waals surface area contributed by atoms with E-state index in [2.05, 4.69) is 0 Å². The summed E-state index contributed by atoms with van der Waals surface area (Å²) in [6.45, 7) is 1.87. The Morgan fingerprint density at radius 2 is 1.57 bits per heavy atom. The van der Waals surface area contributed by atoms with E-state index in [0.717, 1.165) is 6.42 Å². The van der Waals surface area contributed by atoms with Gasteiger partial charge in [-0.3, -0.25) is 0 Å². The van der Waals surface area contributed by atoms with Crippen LogP contribution in [-0.2, 0) is 12.4 Å². The van der Waals surface area contributed by atoms with Gasteiger partial charge >= 0.3 is 12.4 Å². The van der Waals surface area contributed by atoms with Gasteiger partial charge in [0.25, 0.3) is 0 Å². The van der Waals surface area contributed by atoms with E-state index < -0.39 is 40.9 Å². The highest BCUT2D eigenvalue weighted by atomic mass is 35.5. The minimum absolute atomic E-state index is 0. The maximum Gasteiger partial charge on any atom is 0.416 e. The van der Waals surface area contributed by atoms with Gasteiger partial charge in [0, 0.05) is 11.6 Å². The number of alkyl halides is 6. The molecule has 0 heterocycles. The lowest BCUT2D eigenvalue weighted by Gasteiger charge is -2.21. The van der Waals surface area contributed by atoms with Crippen molar-refractivity contribution in [3.63, 3.8) is 0 Å². The molecule has 0 bridgehead atoms. The standard InChI is InChI=1S/C14H16F7N.ClH/c1-2-3-4-5-11(22)12-9(14(19,20)21)6-8(7-10(12)15)13(16,17)18;/h6-7,11H,2-5,22H2,1H3;1H/t11-;/m1./s1. The first-order valence-electron chi connectivity index (χ1n) is 6.71. The molecule has 2 N–H and O–H groups in total. The fourth-order valence-electron chi connectivity index (χ4n) is 2.15. The van der Waals surface area contributed by atoms with E-state index in [1.807, 2.05) is 6.92 Å². The van der Waals surface area contributed by atoms with Crippen LogP contribution in [0.5, 0.6) is 0 Å². The number of nitrogens with two attached hydrogens (primary N) is 1. The second-order valence-corrected chi connectivity index (χ2v) is 5.02. The molecule has 9 heteroatoms. The number of hydrogen-bond donors (Lipinski definition) is 1. The molecule has 0 aliphatic carbocycles. The summed E-state index contributed by atoms with van der Waals surface area (Å²) in [5, 5.41) is 0. The van der Waals surface area contributed by atoms with E-state index in [0.29, 0.717) is 12.8 Å². The SMILES string of the molecule is CCCCC[C@@H](N)c1c(F)cc(C(F)(F)F)cc1C(F)(F)F.Cl. The summed E-state index contributed by atoms with van der Waals surface area (Å²) in [6, 6.07) is -1.33. The van der Waals surface area contributed by atoms with Crippen molar-refractivity contribution in [1.82, 2.24) is 0 Å². The molecular weight excluding hydrogens is 351 g/mol. The third kappa shape index (κ3) is 5.84. The van der Waals surface area contributed by atoms with E-state index in [1.54, 1.807) is 0 Å². The molecular formula is C14H17ClF7N. The number of rotatable bonds is 5. The van der Waals surface area contributed by atoms with E-state index in [9.17, 15) is 30.7 Å². The largest absolute Gasteiger partial charge is 0.416 e. The molecule has 0 aromatic heterocycles. The average molecular weight is 368 g/mol. The normalized spacial score (nSPS) is 13.6. The second kappa shape index (κ2) is 8.19. The van der Waals surface area contributed by atoms with Gasteiger partial charge in [0.05, 0.1) is 11.1 Å². The van der Waals surface area contributed by atoms with E-state index in [1.165, 1.54) is 0 Å². The molecule has 1 aromatic carbocycles. The third-order valence-electron chi connectivity index (χ3n) is 3.25.